The third-order valence-electron chi connectivity index (χ3n) is 5.90. The lowest BCUT2D eigenvalue weighted by molar-refractivity contribution is 0.0696. The second-order valence-electron chi connectivity index (χ2n) is 8.18. The number of benzene rings is 2. The zero-order chi connectivity index (χ0) is 24.4. The normalized spacial score (nSPS) is 17.5. The second kappa shape index (κ2) is 9.72. The number of aryl methyl sites for hydroxylation is 1. The van der Waals surface area contributed by atoms with Crippen LogP contribution in [0, 0.1) is 6.92 Å². The summed E-state index contributed by atoms with van der Waals surface area (Å²) in [7, 11) is -4.26. The van der Waals surface area contributed by atoms with E-state index in [2.05, 4.69) is 0 Å². The Kier molecular flexibility index (Phi) is 7.38. The van der Waals surface area contributed by atoms with E-state index in [0.29, 0.717) is 36.4 Å². The van der Waals surface area contributed by atoms with Gasteiger partial charge >= 0.3 is 0 Å². The minimum atomic E-state index is -3.99. The van der Waals surface area contributed by atoms with Crippen molar-refractivity contribution in [3.8, 4) is 5.75 Å². The van der Waals surface area contributed by atoms with Gasteiger partial charge in [-0.25, -0.2) is 16.8 Å². The molecule has 1 aliphatic heterocycles. The number of sulfone groups is 1. The number of para-hydroxylation sites is 2. The molecule has 8 nitrogen and oxygen atoms in total. The first-order valence-electron chi connectivity index (χ1n) is 10.8. The molecule has 1 heterocycles. The summed E-state index contributed by atoms with van der Waals surface area (Å²) in [5.41, 5.74) is 1.25. The van der Waals surface area contributed by atoms with Crippen molar-refractivity contribution in [3.05, 3.63) is 53.6 Å². The van der Waals surface area contributed by atoms with Crippen LogP contribution in [0.25, 0.3) is 0 Å². The third kappa shape index (κ3) is 5.16. The molecular weight excluding hydrogens is 464 g/mol. The predicted octanol–water partition coefficient (Wildman–Crippen LogP) is 2.87. The number of carbonyl (C=O) groups is 1. The zero-order valence-electron chi connectivity index (χ0n) is 19.3. The Bertz CT molecular complexity index is 1240. The fraction of sp³-hybridized carbons (Fsp3) is 0.435. The van der Waals surface area contributed by atoms with Crippen LogP contribution in [0.2, 0.25) is 0 Å². The van der Waals surface area contributed by atoms with Gasteiger partial charge in [-0.3, -0.25) is 9.10 Å². The van der Waals surface area contributed by atoms with Gasteiger partial charge in [-0.2, -0.15) is 0 Å². The van der Waals surface area contributed by atoms with Gasteiger partial charge in [0.25, 0.3) is 15.9 Å². The molecule has 0 N–H and O–H groups in total. The SMILES string of the molecule is CCCN(C(=O)c1cc(S(=O)(=O)N(C)c2ccccc2OC)ccc1C)[C@@H]1CCS(=O)(=O)C1. The van der Waals surface area contributed by atoms with Crippen LogP contribution in [-0.4, -0.2) is 65.9 Å². The molecule has 0 bridgehead atoms. The first-order valence-corrected chi connectivity index (χ1v) is 14.0. The summed E-state index contributed by atoms with van der Waals surface area (Å²) >= 11 is 0. The Morgan fingerprint density at radius 1 is 1.18 bits per heavy atom. The largest absolute Gasteiger partial charge is 0.495 e. The molecule has 2 aromatic carbocycles. The fourth-order valence-corrected chi connectivity index (χ4v) is 7.00. The van der Waals surface area contributed by atoms with Crippen molar-refractivity contribution in [1.29, 1.82) is 0 Å². The maximum absolute atomic E-state index is 13.5. The number of hydrogen-bond donors (Lipinski definition) is 0. The van der Waals surface area contributed by atoms with Crippen molar-refractivity contribution in [2.45, 2.75) is 37.6 Å². The standard InChI is InChI=1S/C23H30N2O6S2/c1-5-13-25(18-12-14-32(27,28)16-18)23(26)20-15-19(11-10-17(20)2)33(29,30)24(3)21-8-6-7-9-22(21)31-4/h6-11,15,18H,5,12-14,16H2,1-4H3/t18-/m1/s1. The molecule has 33 heavy (non-hydrogen) atoms. The van der Waals surface area contributed by atoms with Gasteiger partial charge in [-0.05, 0) is 49.6 Å². The number of ether oxygens (including phenoxy) is 1. The van der Waals surface area contributed by atoms with Gasteiger partial charge in [0.15, 0.2) is 9.84 Å². The van der Waals surface area contributed by atoms with Gasteiger partial charge in [-0.15, -0.1) is 0 Å². The van der Waals surface area contributed by atoms with Crippen molar-refractivity contribution < 1.29 is 26.4 Å². The number of sulfonamides is 1. The highest BCUT2D eigenvalue weighted by molar-refractivity contribution is 7.92. The lowest BCUT2D eigenvalue weighted by Crippen LogP contribution is -2.42. The summed E-state index contributed by atoms with van der Waals surface area (Å²) in [5.74, 6) is 0.0474. The molecule has 1 amide bonds. The highest BCUT2D eigenvalue weighted by Crippen LogP contribution is 2.32. The van der Waals surface area contributed by atoms with Gasteiger partial charge in [0, 0.05) is 25.2 Å². The van der Waals surface area contributed by atoms with E-state index in [4.69, 9.17) is 4.74 Å². The molecule has 0 unspecified atom stereocenters. The van der Waals surface area contributed by atoms with E-state index in [1.54, 1.807) is 42.2 Å². The number of anilines is 1. The molecule has 0 aliphatic carbocycles. The van der Waals surface area contributed by atoms with Crippen LogP contribution in [0.1, 0.15) is 35.7 Å². The average Bonchev–Trinajstić information content (AvgIpc) is 3.15. The molecule has 1 fully saturated rings. The van der Waals surface area contributed by atoms with E-state index >= 15 is 0 Å². The first-order chi connectivity index (χ1) is 15.5. The Balaban J connectivity index is 1.99. The van der Waals surface area contributed by atoms with Gasteiger partial charge in [0.1, 0.15) is 5.75 Å². The second-order valence-corrected chi connectivity index (χ2v) is 12.4. The molecule has 180 valence electrons. The molecule has 1 aliphatic rings. The minimum absolute atomic E-state index is 0.0275. The number of hydrogen-bond acceptors (Lipinski definition) is 6. The molecule has 10 heteroatoms. The number of carbonyl (C=O) groups excluding carboxylic acids is 1. The number of nitrogens with zero attached hydrogens (tertiary/aromatic N) is 2. The summed E-state index contributed by atoms with van der Waals surface area (Å²) in [5, 5.41) is 0. The smallest absolute Gasteiger partial charge is 0.264 e. The zero-order valence-corrected chi connectivity index (χ0v) is 20.9. The highest BCUT2D eigenvalue weighted by Gasteiger charge is 2.35. The lowest BCUT2D eigenvalue weighted by Gasteiger charge is -2.29. The van der Waals surface area contributed by atoms with Crippen LogP contribution in [0.3, 0.4) is 0 Å². The highest BCUT2D eigenvalue weighted by atomic mass is 32.2. The number of methoxy groups -OCH3 is 1. The third-order valence-corrected chi connectivity index (χ3v) is 9.41. The summed E-state index contributed by atoms with van der Waals surface area (Å²) in [4.78, 5) is 15.0. The molecule has 0 spiro atoms. The van der Waals surface area contributed by atoms with Gasteiger partial charge < -0.3 is 9.64 Å². The van der Waals surface area contributed by atoms with Gasteiger partial charge in [-0.1, -0.05) is 25.1 Å². The Hall–Kier alpha value is -2.59. The molecular formula is C23H30N2O6S2. The van der Waals surface area contributed by atoms with Crippen molar-refractivity contribution in [2.24, 2.45) is 0 Å². The van der Waals surface area contributed by atoms with Crippen molar-refractivity contribution in [1.82, 2.24) is 4.90 Å². The van der Waals surface area contributed by atoms with Crippen LogP contribution in [-0.2, 0) is 19.9 Å². The van der Waals surface area contributed by atoms with Crippen LogP contribution in [0.5, 0.6) is 5.75 Å². The van der Waals surface area contributed by atoms with Crippen molar-refractivity contribution >= 4 is 31.5 Å². The topological polar surface area (TPSA) is 101 Å². The molecule has 1 atom stereocenters. The van der Waals surface area contributed by atoms with E-state index in [1.807, 2.05) is 6.92 Å². The predicted molar refractivity (Wildman–Crippen MR) is 128 cm³/mol. The monoisotopic (exact) mass is 494 g/mol. The van der Waals surface area contributed by atoms with E-state index in [9.17, 15) is 21.6 Å². The van der Waals surface area contributed by atoms with E-state index < -0.39 is 25.9 Å². The summed E-state index contributed by atoms with van der Waals surface area (Å²) in [6.45, 7) is 4.05. The van der Waals surface area contributed by atoms with Crippen LogP contribution >= 0.6 is 0 Å². The maximum Gasteiger partial charge on any atom is 0.264 e. The maximum atomic E-state index is 13.5. The van der Waals surface area contributed by atoms with Crippen LogP contribution < -0.4 is 9.04 Å². The summed E-state index contributed by atoms with van der Waals surface area (Å²) in [6.07, 6.45) is 1.05. The van der Waals surface area contributed by atoms with Crippen LogP contribution in [0.4, 0.5) is 5.69 Å². The summed E-state index contributed by atoms with van der Waals surface area (Å²) < 4.78 is 57.2. The molecule has 0 aromatic heterocycles. The van der Waals surface area contributed by atoms with Gasteiger partial charge in [0.05, 0.1) is 29.2 Å². The fourth-order valence-electron chi connectivity index (χ4n) is 4.04. The van der Waals surface area contributed by atoms with Crippen molar-refractivity contribution in [3.63, 3.8) is 0 Å². The van der Waals surface area contributed by atoms with Crippen molar-refractivity contribution in [2.75, 3.05) is 36.5 Å². The molecule has 2 aromatic rings. The van der Waals surface area contributed by atoms with Crippen LogP contribution in [0.15, 0.2) is 47.4 Å². The average molecular weight is 495 g/mol. The Labute approximate surface area is 196 Å². The van der Waals surface area contributed by atoms with E-state index in [1.165, 1.54) is 26.3 Å². The molecule has 0 radical (unpaired) electrons. The Morgan fingerprint density at radius 2 is 1.88 bits per heavy atom. The van der Waals surface area contributed by atoms with E-state index in [0.717, 1.165) is 4.31 Å². The summed E-state index contributed by atoms with van der Waals surface area (Å²) in [6, 6.07) is 10.8. The lowest BCUT2D eigenvalue weighted by atomic mass is 10.1. The number of rotatable bonds is 8. The first kappa shape index (κ1) is 25.0. The Morgan fingerprint density at radius 3 is 2.48 bits per heavy atom. The molecule has 0 saturated carbocycles. The van der Waals surface area contributed by atoms with Gasteiger partial charge in [0.2, 0.25) is 0 Å². The molecule has 3 rings (SSSR count). The van der Waals surface area contributed by atoms with E-state index in [-0.39, 0.29) is 27.9 Å². The quantitative estimate of drug-likeness (QED) is 0.559. The number of amides is 1. The minimum Gasteiger partial charge on any atom is -0.495 e. The molecule has 1 saturated heterocycles.